The van der Waals surface area contributed by atoms with E-state index in [1.165, 1.54) is 42.5 Å². The minimum atomic E-state index is -4.86. The molecule has 12 heteroatoms. The molecule has 184 valence electrons. The van der Waals surface area contributed by atoms with Crippen molar-refractivity contribution in [1.29, 1.82) is 0 Å². The van der Waals surface area contributed by atoms with Gasteiger partial charge in [0.25, 0.3) is 0 Å². The lowest BCUT2D eigenvalue weighted by atomic mass is 10.1. The van der Waals surface area contributed by atoms with Crippen molar-refractivity contribution in [3.63, 3.8) is 0 Å². The second-order valence-electron chi connectivity index (χ2n) is 7.19. The number of imidazole rings is 1. The molecule has 4 aromatic rings. The zero-order valence-electron chi connectivity index (χ0n) is 18.1. The monoisotopic (exact) mass is 510 g/mol. The standard InChI is InChI=1S/C23H18F4N2O5S/c1-2-32-21(15-8-11-17(12-9-15)33-23(25,26)27)22-28-19-14-16(24)10-13-20(19)29(22)34-35(30,31)18-6-4-3-5-7-18/h3-14,21H,2H2,1H3. The van der Waals surface area contributed by atoms with Crippen molar-refractivity contribution in [2.24, 2.45) is 0 Å². The number of halogens is 4. The Bertz CT molecular complexity index is 1420. The van der Waals surface area contributed by atoms with E-state index >= 15 is 0 Å². The Labute approximate surface area is 197 Å². The molecule has 0 radical (unpaired) electrons. The van der Waals surface area contributed by atoms with Crippen LogP contribution in [0.5, 0.6) is 5.75 Å². The second kappa shape index (κ2) is 9.55. The topological polar surface area (TPSA) is 79.7 Å². The molecule has 7 nitrogen and oxygen atoms in total. The first-order chi connectivity index (χ1) is 16.6. The fourth-order valence-corrected chi connectivity index (χ4v) is 4.28. The van der Waals surface area contributed by atoms with Crippen molar-refractivity contribution in [3.8, 4) is 5.75 Å². The molecular formula is C23H18F4N2O5S. The molecule has 0 spiro atoms. The van der Waals surface area contributed by atoms with E-state index in [0.29, 0.717) is 5.56 Å². The summed E-state index contributed by atoms with van der Waals surface area (Å²) in [6.45, 7) is 1.80. The summed E-state index contributed by atoms with van der Waals surface area (Å²) in [6, 6.07) is 15.7. The van der Waals surface area contributed by atoms with Crippen molar-refractivity contribution in [3.05, 3.63) is 90.0 Å². The molecule has 0 saturated heterocycles. The van der Waals surface area contributed by atoms with E-state index in [9.17, 15) is 26.0 Å². The Balaban J connectivity index is 1.81. The van der Waals surface area contributed by atoms with Crippen LogP contribution in [0.3, 0.4) is 0 Å². The number of hydrogen-bond acceptors (Lipinski definition) is 6. The molecule has 0 bridgehead atoms. The summed E-state index contributed by atoms with van der Waals surface area (Å²) < 4.78 is 93.3. The van der Waals surface area contributed by atoms with Crippen LogP contribution in [0, 0.1) is 5.82 Å². The van der Waals surface area contributed by atoms with E-state index in [0.717, 1.165) is 29.0 Å². The third kappa shape index (κ3) is 5.54. The molecular weight excluding hydrogens is 492 g/mol. The van der Waals surface area contributed by atoms with Crippen LogP contribution in [0.1, 0.15) is 24.4 Å². The van der Waals surface area contributed by atoms with Gasteiger partial charge in [-0.25, -0.2) is 9.37 Å². The summed E-state index contributed by atoms with van der Waals surface area (Å²) in [4.78, 5) is 4.20. The van der Waals surface area contributed by atoms with Gasteiger partial charge in [0, 0.05) is 12.7 Å². The largest absolute Gasteiger partial charge is 0.573 e. The van der Waals surface area contributed by atoms with Crippen LogP contribution >= 0.6 is 0 Å². The molecule has 1 unspecified atom stereocenters. The summed E-state index contributed by atoms with van der Waals surface area (Å²) >= 11 is 0. The van der Waals surface area contributed by atoms with Gasteiger partial charge in [-0.3, -0.25) is 4.28 Å². The minimum absolute atomic E-state index is 0.0588. The predicted octanol–water partition coefficient (Wildman–Crippen LogP) is 5.02. The zero-order valence-corrected chi connectivity index (χ0v) is 18.9. The van der Waals surface area contributed by atoms with Gasteiger partial charge < -0.3 is 9.47 Å². The van der Waals surface area contributed by atoms with E-state index in [2.05, 4.69) is 9.72 Å². The number of benzene rings is 3. The lowest BCUT2D eigenvalue weighted by molar-refractivity contribution is -0.274. The third-order valence-corrected chi connectivity index (χ3v) is 5.98. The van der Waals surface area contributed by atoms with Gasteiger partial charge in [0.2, 0.25) is 0 Å². The highest BCUT2D eigenvalue weighted by Gasteiger charge is 2.32. The Hall–Kier alpha value is -3.64. The van der Waals surface area contributed by atoms with Crippen LogP contribution < -0.4 is 9.02 Å². The van der Waals surface area contributed by atoms with Gasteiger partial charge in [-0.2, -0.15) is 8.42 Å². The van der Waals surface area contributed by atoms with Crippen LogP contribution in [0.25, 0.3) is 11.0 Å². The molecule has 0 fully saturated rings. The SMILES string of the molecule is CCOC(c1ccc(OC(F)(F)F)cc1)c1nc2cc(F)ccc2n1OS(=O)(=O)c1ccccc1. The maximum Gasteiger partial charge on any atom is 0.573 e. The first-order valence-electron chi connectivity index (χ1n) is 10.2. The van der Waals surface area contributed by atoms with Gasteiger partial charge in [-0.15, -0.1) is 17.9 Å². The Morgan fingerprint density at radius 2 is 1.69 bits per heavy atom. The normalized spacial score (nSPS) is 13.1. The Morgan fingerprint density at radius 1 is 1.00 bits per heavy atom. The van der Waals surface area contributed by atoms with Crippen LogP contribution in [-0.2, 0) is 14.9 Å². The highest BCUT2D eigenvalue weighted by molar-refractivity contribution is 7.87. The van der Waals surface area contributed by atoms with Crippen molar-refractivity contribution in [1.82, 2.24) is 9.71 Å². The van der Waals surface area contributed by atoms with Gasteiger partial charge in [-0.1, -0.05) is 30.3 Å². The molecule has 0 aliphatic carbocycles. The molecule has 1 aromatic heterocycles. The molecule has 0 aliphatic heterocycles. The minimum Gasteiger partial charge on any atom is -0.406 e. The molecule has 1 atom stereocenters. The van der Waals surface area contributed by atoms with Gasteiger partial charge >= 0.3 is 16.5 Å². The summed E-state index contributed by atoms with van der Waals surface area (Å²) in [6.07, 6.45) is -5.93. The smallest absolute Gasteiger partial charge is 0.406 e. The fraction of sp³-hybridized carbons (Fsp3) is 0.174. The number of ether oxygens (including phenoxy) is 2. The average Bonchev–Trinajstić information content (AvgIpc) is 3.14. The quantitative estimate of drug-likeness (QED) is 0.310. The molecule has 0 amide bonds. The molecule has 3 aromatic carbocycles. The van der Waals surface area contributed by atoms with E-state index in [4.69, 9.17) is 9.02 Å². The Kier molecular flexibility index (Phi) is 6.68. The highest BCUT2D eigenvalue weighted by Crippen LogP contribution is 2.31. The zero-order chi connectivity index (χ0) is 25.2. The third-order valence-electron chi connectivity index (χ3n) is 4.79. The van der Waals surface area contributed by atoms with E-state index in [1.54, 1.807) is 13.0 Å². The maximum atomic E-state index is 13.9. The predicted molar refractivity (Wildman–Crippen MR) is 116 cm³/mol. The van der Waals surface area contributed by atoms with Gasteiger partial charge in [0.15, 0.2) is 5.82 Å². The van der Waals surface area contributed by atoms with Gasteiger partial charge in [-0.05, 0) is 48.9 Å². The number of nitrogens with zero attached hydrogens (tertiary/aromatic N) is 2. The molecule has 1 heterocycles. The molecule has 0 N–H and O–H groups in total. The lowest BCUT2D eigenvalue weighted by Gasteiger charge is -2.19. The number of alkyl halides is 3. The number of aromatic nitrogens is 2. The molecule has 4 rings (SSSR count). The van der Waals surface area contributed by atoms with Crippen LogP contribution in [0.15, 0.2) is 77.7 Å². The van der Waals surface area contributed by atoms with E-state index in [-0.39, 0.29) is 28.4 Å². The van der Waals surface area contributed by atoms with Crippen LogP contribution in [0.4, 0.5) is 17.6 Å². The number of fused-ring (bicyclic) bond motifs is 1. The Morgan fingerprint density at radius 3 is 2.31 bits per heavy atom. The first-order valence-corrected chi connectivity index (χ1v) is 11.6. The molecule has 0 aliphatic rings. The van der Waals surface area contributed by atoms with E-state index in [1.807, 2.05) is 0 Å². The van der Waals surface area contributed by atoms with Crippen molar-refractivity contribution >= 4 is 21.2 Å². The van der Waals surface area contributed by atoms with Crippen LogP contribution in [-0.4, -0.2) is 31.1 Å². The first kappa shape index (κ1) is 24.5. The molecule has 35 heavy (non-hydrogen) atoms. The summed E-state index contributed by atoms with van der Waals surface area (Å²) in [5.41, 5.74) is 0.562. The maximum absolute atomic E-state index is 13.9. The van der Waals surface area contributed by atoms with Crippen molar-refractivity contribution in [2.45, 2.75) is 24.3 Å². The summed E-state index contributed by atoms with van der Waals surface area (Å²) in [5, 5.41) is 0. The summed E-state index contributed by atoms with van der Waals surface area (Å²) in [5.74, 6) is -1.12. The average molecular weight is 510 g/mol. The molecule has 0 saturated carbocycles. The number of hydrogen-bond donors (Lipinski definition) is 0. The van der Waals surface area contributed by atoms with Gasteiger partial charge in [0.1, 0.15) is 28.1 Å². The second-order valence-corrected chi connectivity index (χ2v) is 8.72. The number of rotatable bonds is 8. The van der Waals surface area contributed by atoms with Gasteiger partial charge in [0.05, 0.1) is 5.52 Å². The van der Waals surface area contributed by atoms with E-state index < -0.39 is 34.2 Å². The van der Waals surface area contributed by atoms with Crippen molar-refractivity contribution < 1.29 is 39.7 Å². The van der Waals surface area contributed by atoms with Crippen molar-refractivity contribution in [2.75, 3.05) is 6.61 Å². The lowest BCUT2D eigenvalue weighted by Crippen LogP contribution is -2.24. The summed E-state index contributed by atoms with van der Waals surface area (Å²) in [7, 11) is -4.34. The highest BCUT2D eigenvalue weighted by atomic mass is 32.2. The van der Waals surface area contributed by atoms with Crippen LogP contribution in [0.2, 0.25) is 0 Å². The fourth-order valence-electron chi connectivity index (χ4n) is 3.35.